The van der Waals surface area contributed by atoms with E-state index in [1.807, 2.05) is 18.4 Å². The zero-order valence-electron chi connectivity index (χ0n) is 12.5. The molecule has 0 bridgehead atoms. The molecule has 0 aromatic carbocycles. The minimum Gasteiger partial charge on any atom is -0.329 e. The fourth-order valence-corrected chi connectivity index (χ4v) is 2.89. The lowest BCUT2D eigenvalue weighted by Gasteiger charge is -2.10. The number of imidazole rings is 1. The predicted octanol–water partition coefficient (Wildman–Crippen LogP) is 0.236. The van der Waals surface area contributed by atoms with Crippen LogP contribution in [0.2, 0.25) is 0 Å². The minimum absolute atomic E-state index is 0.237. The van der Waals surface area contributed by atoms with Gasteiger partial charge in [-0.15, -0.1) is 0 Å². The first-order valence-electron chi connectivity index (χ1n) is 7.57. The smallest absolute Gasteiger partial charge is 0.329 e. The lowest BCUT2D eigenvalue weighted by Crippen LogP contribution is -2.41. The predicted molar refractivity (Wildman–Crippen MR) is 80.6 cm³/mol. The number of aryl methyl sites for hydroxylation is 2. The highest BCUT2D eigenvalue weighted by molar-refractivity contribution is 5.71. The summed E-state index contributed by atoms with van der Waals surface area (Å²) >= 11 is 0. The van der Waals surface area contributed by atoms with Gasteiger partial charge in [0.25, 0.3) is 5.56 Å². The zero-order chi connectivity index (χ0) is 15.1. The van der Waals surface area contributed by atoms with Crippen LogP contribution in [0, 0.1) is 0 Å². The summed E-state index contributed by atoms with van der Waals surface area (Å²) in [6, 6.07) is 0. The van der Waals surface area contributed by atoms with E-state index in [1.54, 1.807) is 4.57 Å². The highest BCUT2D eigenvalue weighted by atomic mass is 16.2. The van der Waals surface area contributed by atoms with Gasteiger partial charge in [0.15, 0.2) is 11.2 Å². The monoisotopic (exact) mass is 291 g/mol. The molecule has 0 amide bonds. The molecule has 1 aliphatic rings. The summed E-state index contributed by atoms with van der Waals surface area (Å²) < 4.78 is 4.77. The van der Waals surface area contributed by atoms with Crippen molar-refractivity contribution in [1.29, 1.82) is 0 Å². The van der Waals surface area contributed by atoms with Crippen LogP contribution in [0.4, 0.5) is 0 Å². The Labute approximate surface area is 122 Å². The molecule has 0 spiro atoms. The van der Waals surface area contributed by atoms with Crippen LogP contribution >= 0.6 is 0 Å². The van der Waals surface area contributed by atoms with Gasteiger partial charge >= 0.3 is 5.69 Å². The van der Waals surface area contributed by atoms with E-state index in [-0.39, 0.29) is 24.3 Å². The molecular formula is C14H21N5O2. The Morgan fingerprint density at radius 2 is 1.81 bits per heavy atom. The normalized spacial score (nSPS) is 15.0. The molecule has 2 N–H and O–H groups in total. The third-order valence-corrected chi connectivity index (χ3v) is 4.07. The molecule has 114 valence electrons. The van der Waals surface area contributed by atoms with Gasteiger partial charge in [-0.05, 0) is 26.7 Å². The molecule has 2 aromatic rings. The van der Waals surface area contributed by atoms with Crippen LogP contribution in [0.25, 0.3) is 11.2 Å². The van der Waals surface area contributed by atoms with E-state index in [0.29, 0.717) is 30.2 Å². The van der Waals surface area contributed by atoms with E-state index < -0.39 is 0 Å². The van der Waals surface area contributed by atoms with Gasteiger partial charge in [-0.25, -0.2) is 9.78 Å². The Morgan fingerprint density at radius 1 is 1.14 bits per heavy atom. The standard InChI is InChI=1S/C14H21N5O2/c1-3-17-10-12(16-11(17)9-5-6-9)18(4-2)14(21)19(8-7-15)13(10)20/h9H,3-8,15H2,1-2H3. The summed E-state index contributed by atoms with van der Waals surface area (Å²) in [7, 11) is 0. The Hall–Kier alpha value is -1.89. The molecule has 1 aliphatic carbocycles. The van der Waals surface area contributed by atoms with Crippen molar-refractivity contribution in [2.24, 2.45) is 5.73 Å². The Kier molecular flexibility index (Phi) is 3.44. The van der Waals surface area contributed by atoms with Crippen molar-refractivity contribution < 1.29 is 0 Å². The van der Waals surface area contributed by atoms with Crippen LogP contribution in [0.5, 0.6) is 0 Å². The van der Waals surface area contributed by atoms with E-state index in [4.69, 9.17) is 5.73 Å². The molecule has 0 radical (unpaired) electrons. The number of rotatable bonds is 5. The van der Waals surface area contributed by atoms with E-state index in [2.05, 4.69) is 4.98 Å². The lowest BCUT2D eigenvalue weighted by molar-refractivity contribution is 0.584. The van der Waals surface area contributed by atoms with Crippen molar-refractivity contribution in [3.8, 4) is 0 Å². The molecule has 7 heteroatoms. The molecule has 0 unspecified atom stereocenters. The maximum Gasteiger partial charge on any atom is 0.332 e. The molecule has 0 saturated heterocycles. The minimum atomic E-state index is -0.316. The summed E-state index contributed by atoms with van der Waals surface area (Å²) in [5.41, 5.74) is 6.00. The average Bonchev–Trinajstić information content (AvgIpc) is 3.25. The second-order valence-electron chi connectivity index (χ2n) is 5.43. The van der Waals surface area contributed by atoms with Crippen molar-refractivity contribution in [3.63, 3.8) is 0 Å². The summed E-state index contributed by atoms with van der Waals surface area (Å²) in [4.78, 5) is 29.7. The Morgan fingerprint density at radius 3 is 2.33 bits per heavy atom. The molecule has 2 aromatic heterocycles. The van der Waals surface area contributed by atoms with Crippen LogP contribution in [0.3, 0.4) is 0 Å². The number of hydrogen-bond donors (Lipinski definition) is 1. The van der Waals surface area contributed by atoms with Gasteiger partial charge in [0.1, 0.15) is 5.82 Å². The van der Waals surface area contributed by atoms with Gasteiger partial charge in [0.05, 0.1) is 0 Å². The summed E-state index contributed by atoms with van der Waals surface area (Å²) in [6.07, 6.45) is 2.22. The van der Waals surface area contributed by atoms with Gasteiger partial charge in [-0.2, -0.15) is 0 Å². The highest BCUT2D eigenvalue weighted by Crippen LogP contribution is 2.40. The maximum atomic E-state index is 12.7. The third-order valence-electron chi connectivity index (χ3n) is 4.07. The average molecular weight is 291 g/mol. The SMILES string of the molecule is CCn1c(C2CC2)nc2c1c(=O)n(CCN)c(=O)n2CC. The second-order valence-corrected chi connectivity index (χ2v) is 5.43. The number of hydrogen-bond acceptors (Lipinski definition) is 4. The number of nitrogens with zero attached hydrogens (tertiary/aromatic N) is 4. The fraction of sp³-hybridized carbons (Fsp3) is 0.643. The third kappa shape index (κ3) is 2.03. The topological polar surface area (TPSA) is 87.8 Å². The van der Waals surface area contributed by atoms with E-state index in [1.165, 1.54) is 4.57 Å². The van der Waals surface area contributed by atoms with Crippen molar-refractivity contribution in [1.82, 2.24) is 18.7 Å². The second kappa shape index (κ2) is 5.14. The van der Waals surface area contributed by atoms with Gasteiger partial charge in [-0.1, -0.05) is 0 Å². The first-order chi connectivity index (χ1) is 10.1. The summed E-state index contributed by atoms with van der Waals surface area (Å²) in [5, 5.41) is 0. The molecule has 2 heterocycles. The maximum absolute atomic E-state index is 12.7. The fourth-order valence-electron chi connectivity index (χ4n) is 2.89. The van der Waals surface area contributed by atoms with Crippen LogP contribution in [0.15, 0.2) is 9.59 Å². The first kappa shape index (κ1) is 14.1. The Balaban J connectivity index is 2.43. The van der Waals surface area contributed by atoms with Crippen LogP contribution < -0.4 is 17.0 Å². The van der Waals surface area contributed by atoms with E-state index in [9.17, 15) is 9.59 Å². The summed E-state index contributed by atoms with van der Waals surface area (Å²) in [6.45, 7) is 5.56. The Bertz CT molecular complexity index is 794. The van der Waals surface area contributed by atoms with Crippen molar-refractivity contribution in [3.05, 3.63) is 26.7 Å². The number of nitrogens with two attached hydrogens (primary N) is 1. The van der Waals surface area contributed by atoms with Gasteiger partial charge < -0.3 is 10.3 Å². The zero-order valence-corrected chi connectivity index (χ0v) is 12.5. The van der Waals surface area contributed by atoms with E-state index in [0.717, 1.165) is 18.7 Å². The first-order valence-corrected chi connectivity index (χ1v) is 7.57. The van der Waals surface area contributed by atoms with Crippen molar-refractivity contribution in [2.75, 3.05) is 6.54 Å². The quantitative estimate of drug-likeness (QED) is 0.854. The largest absolute Gasteiger partial charge is 0.332 e. The number of fused-ring (bicyclic) bond motifs is 1. The van der Waals surface area contributed by atoms with Crippen LogP contribution in [0.1, 0.15) is 38.4 Å². The van der Waals surface area contributed by atoms with Crippen molar-refractivity contribution in [2.45, 2.75) is 52.2 Å². The van der Waals surface area contributed by atoms with Crippen molar-refractivity contribution >= 4 is 11.2 Å². The van der Waals surface area contributed by atoms with Crippen LogP contribution in [-0.2, 0) is 19.6 Å². The molecule has 3 rings (SSSR count). The molecular weight excluding hydrogens is 270 g/mol. The molecule has 0 aliphatic heterocycles. The van der Waals surface area contributed by atoms with Crippen LogP contribution in [-0.4, -0.2) is 25.2 Å². The highest BCUT2D eigenvalue weighted by Gasteiger charge is 2.31. The summed E-state index contributed by atoms with van der Waals surface area (Å²) in [5.74, 6) is 1.37. The molecule has 1 fully saturated rings. The van der Waals surface area contributed by atoms with Gasteiger partial charge in [0, 0.05) is 32.1 Å². The molecule has 7 nitrogen and oxygen atoms in total. The number of aromatic nitrogens is 4. The molecule has 21 heavy (non-hydrogen) atoms. The van der Waals surface area contributed by atoms with E-state index >= 15 is 0 Å². The molecule has 1 saturated carbocycles. The van der Waals surface area contributed by atoms with Gasteiger partial charge in [-0.3, -0.25) is 13.9 Å². The lowest BCUT2D eigenvalue weighted by atomic mass is 10.4. The molecule has 0 atom stereocenters. The van der Waals surface area contributed by atoms with Gasteiger partial charge in [0.2, 0.25) is 0 Å².